The molecule has 5 nitrogen and oxygen atoms in total. The van der Waals surface area contributed by atoms with Gasteiger partial charge in [-0.05, 0) is 31.3 Å². The van der Waals surface area contributed by atoms with E-state index in [0.717, 1.165) is 31.9 Å². The third kappa shape index (κ3) is 3.92. The lowest BCUT2D eigenvalue weighted by Gasteiger charge is -2.19. The Morgan fingerprint density at radius 2 is 2.06 bits per heavy atom. The molecular weight excluding hydrogens is 230 g/mol. The Kier molecular flexibility index (Phi) is 5.45. The van der Waals surface area contributed by atoms with Crippen LogP contribution in [0.15, 0.2) is 18.2 Å². The number of aromatic carboxylic acids is 1. The molecule has 18 heavy (non-hydrogen) atoms. The number of anilines is 2. The van der Waals surface area contributed by atoms with Gasteiger partial charge in [-0.2, -0.15) is 0 Å². The molecule has 0 heterocycles. The maximum absolute atomic E-state index is 10.8. The number of nitrogen functional groups attached to an aromatic ring is 1. The van der Waals surface area contributed by atoms with Gasteiger partial charge in [-0.1, -0.05) is 13.8 Å². The highest BCUT2D eigenvalue weighted by Crippen LogP contribution is 2.19. The summed E-state index contributed by atoms with van der Waals surface area (Å²) in [5.41, 5.74) is 7.26. The van der Waals surface area contributed by atoms with E-state index in [2.05, 4.69) is 24.1 Å². The summed E-state index contributed by atoms with van der Waals surface area (Å²) in [5, 5.41) is 12.0. The average molecular weight is 251 g/mol. The summed E-state index contributed by atoms with van der Waals surface area (Å²) in [5.74, 6) is -0.962. The first-order valence-corrected chi connectivity index (χ1v) is 6.17. The fourth-order valence-electron chi connectivity index (χ4n) is 1.75. The van der Waals surface area contributed by atoms with Crippen molar-refractivity contribution in [1.29, 1.82) is 0 Å². The van der Waals surface area contributed by atoms with Crippen molar-refractivity contribution in [2.75, 3.05) is 37.2 Å². The lowest BCUT2D eigenvalue weighted by molar-refractivity contribution is 0.0697. The minimum atomic E-state index is -0.962. The van der Waals surface area contributed by atoms with Gasteiger partial charge in [0.1, 0.15) is 0 Å². The summed E-state index contributed by atoms with van der Waals surface area (Å²) >= 11 is 0. The van der Waals surface area contributed by atoms with Crippen molar-refractivity contribution in [2.24, 2.45) is 0 Å². The monoisotopic (exact) mass is 251 g/mol. The first kappa shape index (κ1) is 14.3. The molecule has 4 N–H and O–H groups in total. The van der Waals surface area contributed by atoms with Crippen LogP contribution in [0.1, 0.15) is 24.2 Å². The molecule has 0 aliphatic heterocycles. The van der Waals surface area contributed by atoms with Crippen LogP contribution in [0.4, 0.5) is 11.4 Å². The van der Waals surface area contributed by atoms with Gasteiger partial charge in [0.25, 0.3) is 0 Å². The first-order chi connectivity index (χ1) is 8.58. The average Bonchev–Trinajstić information content (AvgIpc) is 2.36. The molecule has 0 saturated heterocycles. The fraction of sp³-hybridized carbons (Fsp3) is 0.462. The molecule has 0 fully saturated rings. The van der Waals surface area contributed by atoms with Crippen LogP contribution in [0.5, 0.6) is 0 Å². The van der Waals surface area contributed by atoms with Gasteiger partial charge in [-0.15, -0.1) is 0 Å². The number of hydrogen-bond acceptors (Lipinski definition) is 4. The van der Waals surface area contributed by atoms with E-state index in [4.69, 9.17) is 10.8 Å². The molecule has 0 unspecified atom stereocenters. The third-order valence-electron chi connectivity index (χ3n) is 2.94. The first-order valence-electron chi connectivity index (χ1n) is 6.17. The van der Waals surface area contributed by atoms with Crippen LogP contribution < -0.4 is 11.1 Å². The van der Waals surface area contributed by atoms with Crippen LogP contribution >= 0.6 is 0 Å². The van der Waals surface area contributed by atoms with Crippen molar-refractivity contribution < 1.29 is 9.90 Å². The van der Waals surface area contributed by atoms with Gasteiger partial charge >= 0.3 is 5.97 Å². The smallest absolute Gasteiger partial charge is 0.335 e. The predicted octanol–water partition coefficient (Wildman–Crippen LogP) is 1.72. The Bertz CT molecular complexity index is 403. The lowest BCUT2D eigenvalue weighted by atomic mass is 10.2. The molecule has 1 rings (SSSR count). The number of benzene rings is 1. The summed E-state index contributed by atoms with van der Waals surface area (Å²) < 4.78 is 0. The number of nitrogens with zero attached hydrogens (tertiary/aromatic N) is 1. The van der Waals surface area contributed by atoms with Crippen LogP contribution in [-0.4, -0.2) is 42.2 Å². The second-order valence-corrected chi connectivity index (χ2v) is 4.06. The summed E-state index contributed by atoms with van der Waals surface area (Å²) in [6.45, 7) is 8.02. The van der Waals surface area contributed by atoms with E-state index in [0.29, 0.717) is 5.69 Å². The second-order valence-electron chi connectivity index (χ2n) is 4.06. The second kappa shape index (κ2) is 6.86. The number of carboxylic acid groups (broad SMARTS) is 1. The molecule has 0 bridgehead atoms. The van der Waals surface area contributed by atoms with Gasteiger partial charge in [0, 0.05) is 13.1 Å². The predicted molar refractivity (Wildman–Crippen MR) is 74.1 cm³/mol. The zero-order valence-electron chi connectivity index (χ0n) is 10.9. The number of hydrogen-bond donors (Lipinski definition) is 3. The van der Waals surface area contributed by atoms with Gasteiger partial charge < -0.3 is 21.1 Å². The molecule has 0 atom stereocenters. The largest absolute Gasteiger partial charge is 0.478 e. The quantitative estimate of drug-likeness (QED) is 0.643. The molecule has 0 radical (unpaired) electrons. The van der Waals surface area contributed by atoms with Gasteiger partial charge in [0.2, 0.25) is 0 Å². The lowest BCUT2D eigenvalue weighted by Crippen LogP contribution is -2.28. The Morgan fingerprint density at radius 3 is 2.56 bits per heavy atom. The van der Waals surface area contributed by atoms with Gasteiger partial charge in [-0.25, -0.2) is 4.79 Å². The topological polar surface area (TPSA) is 78.6 Å². The van der Waals surface area contributed by atoms with Crippen LogP contribution in [0.2, 0.25) is 0 Å². The molecule has 100 valence electrons. The summed E-state index contributed by atoms with van der Waals surface area (Å²) in [7, 11) is 0. The molecule has 1 aromatic carbocycles. The maximum atomic E-state index is 10.8. The van der Waals surface area contributed by atoms with Gasteiger partial charge in [0.05, 0.1) is 16.9 Å². The summed E-state index contributed by atoms with van der Waals surface area (Å²) in [6.07, 6.45) is 0. The van der Waals surface area contributed by atoms with E-state index in [-0.39, 0.29) is 5.56 Å². The molecule has 0 saturated carbocycles. The molecule has 0 aliphatic carbocycles. The molecule has 0 aliphatic rings. The van der Waals surface area contributed by atoms with Crippen LogP contribution in [0, 0.1) is 0 Å². The minimum Gasteiger partial charge on any atom is -0.478 e. The SMILES string of the molecule is CCN(CC)CCNc1ccc(C(=O)O)cc1N. The number of likely N-dealkylation sites (N-methyl/N-ethyl adjacent to an activating group) is 1. The number of rotatable bonds is 7. The Labute approximate surface area is 108 Å². The number of carboxylic acids is 1. The minimum absolute atomic E-state index is 0.210. The van der Waals surface area contributed by atoms with Gasteiger partial charge in [0.15, 0.2) is 0 Å². The molecular formula is C13H21N3O2. The number of nitrogens with one attached hydrogen (secondary N) is 1. The molecule has 0 amide bonds. The number of nitrogens with two attached hydrogens (primary N) is 1. The Balaban J connectivity index is 2.55. The molecule has 1 aromatic rings. The zero-order chi connectivity index (χ0) is 13.5. The zero-order valence-corrected chi connectivity index (χ0v) is 10.9. The van der Waals surface area contributed by atoms with Crippen molar-refractivity contribution in [3.8, 4) is 0 Å². The third-order valence-corrected chi connectivity index (χ3v) is 2.94. The van der Waals surface area contributed by atoms with Crippen LogP contribution in [-0.2, 0) is 0 Å². The van der Waals surface area contributed by atoms with Crippen molar-refractivity contribution >= 4 is 17.3 Å². The standard InChI is InChI=1S/C13H21N3O2/c1-3-16(4-2)8-7-15-12-6-5-10(13(17)18)9-11(12)14/h5-6,9,15H,3-4,7-8,14H2,1-2H3,(H,17,18). The normalized spacial score (nSPS) is 10.6. The molecule has 0 aromatic heterocycles. The van der Waals surface area contributed by atoms with E-state index < -0.39 is 5.97 Å². The van der Waals surface area contributed by atoms with Crippen molar-refractivity contribution in [3.63, 3.8) is 0 Å². The van der Waals surface area contributed by atoms with Crippen molar-refractivity contribution in [2.45, 2.75) is 13.8 Å². The van der Waals surface area contributed by atoms with Crippen molar-refractivity contribution in [1.82, 2.24) is 4.90 Å². The van der Waals surface area contributed by atoms with E-state index in [1.54, 1.807) is 12.1 Å². The molecule has 0 spiro atoms. The van der Waals surface area contributed by atoms with E-state index in [9.17, 15) is 4.79 Å². The number of carbonyl (C=O) groups is 1. The van der Waals surface area contributed by atoms with E-state index in [1.807, 2.05) is 0 Å². The van der Waals surface area contributed by atoms with E-state index in [1.165, 1.54) is 6.07 Å². The highest BCUT2D eigenvalue weighted by Gasteiger charge is 2.06. The Hall–Kier alpha value is -1.75. The van der Waals surface area contributed by atoms with Crippen LogP contribution in [0.25, 0.3) is 0 Å². The van der Waals surface area contributed by atoms with Crippen molar-refractivity contribution in [3.05, 3.63) is 23.8 Å². The van der Waals surface area contributed by atoms with Gasteiger partial charge in [-0.3, -0.25) is 0 Å². The fourth-order valence-corrected chi connectivity index (χ4v) is 1.75. The van der Waals surface area contributed by atoms with E-state index >= 15 is 0 Å². The highest BCUT2D eigenvalue weighted by molar-refractivity contribution is 5.90. The van der Waals surface area contributed by atoms with Crippen LogP contribution in [0.3, 0.4) is 0 Å². The maximum Gasteiger partial charge on any atom is 0.335 e. The molecule has 5 heteroatoms. The summed E-state index contributed by atoms with van der Waals surface area (Å²) in [4.78, 5) is 13.1. The Morgan fingerprint density at radius 1 is 1.39 bits per heavy atom. The highest BCUT2D eigenvalue weighted by atomic mass is 16.4. The summed E-state index contributed by atoms with van der Waals surface area (Å²) in [6, 6.07) is 4.74.